The van der Waals surface area contributed by atoms with Gasteiger partial charge in [0.05, 0.1) is 5.70 Å². The highest BCUT2D eigenvalue weighted by atomic mass is 14.7. The summed E-state index contributed by atoms with van der Waals surface area (Å²) >= 11 is 0. The third-order valence-corrected chi connectivity index (χ3v) is 0.675. The van der Waals surface area contributed by atoms with Crippen molar-refractivity contribution < 1.29 is 0 Å². The molecule has 0 aliphatic heterocycles. The average Bonchev–Trinajstić information content (AvgIpc) is 1.83. The van der Waals surface area contributed by atoms with E-state index in [1.165, 1.54) is 0 Å². The van der Waals surface area contributed by atoms with E-state index >= 15 is 0 Å². The Hall–Kier alpha value is -0.850. The van der Waals surface area contributed by atoms with Crippen LogP contribution in [0.2, 0.25) is 0 Å². The number of allylic oxidation sites excluding steroid dienone is 1. The fourth-order valence-electron chi connectivity index (χ4n) is 0.261. The van der Waals surface area contributed by atoms with Crippen molar-refractivity contribution in [2.75, 3.05) is 0 Å². The van der Waals surface area contributed by atoms with Gasteiger partial charge in [-0.3, -0.25) is 4.99 Å². The lowest BCUT2D eigenvalue weighted by Crippen LogP contribution is -1.68. The second-order valence-electron chi connectivity index (χ2n) is 1.42. The van der Waals surface area contributed by atoms with Crippen LogP contribution in [0.25, 0.3) is 0 Å². The van der Waals surface area contributed by atoms with E-state index in [2.05, 4.69) is 18.2 Å². The average molecular weight is 109 g/mol. The molecule has 1 nitrogen and oxygen atoms in total. The summed E-state index contributed by atoms with van der Waals surface area (Å²) in [6, 6.07) is 0. The van der Waals surface area contributed by atoms with Crippen molar-refractivity contribution in [1.29, 1.82) is 0 Å². The lowest BCUT2D eigenvalue weighted by Gasteiger charge is -1.83. The SMILES string of the molecule is C=CC(=C)N=CCC. The molecule has 1 heteroatoms. The van der Waals surface area contributed by atoms with E-state index in [0.717, 1.165) is 12.1 Å². The minimum atomic E-state index is 0.729. The molecule has 0 aromatic rings. The molecule has 0 rings (SSSR count). The standard InChI is InChI=1S/C7H11N/c1-4-6-8-7(3)5-2/h5-6H,2-4H2,1H3. The quantitative estimate of drug-likeness (QED) is 0.389. The predicted octanol–water partition coefficient (Wildman–Crippen LogP) is 2.17. The van der Waals surface area contributed by atoms with Gasteiger partial charge in [-0.05, 0) is 12.5 Å². The largest absolute Gasteiger partial charge is 0.262 e. The van der Waals surface area contributed by atoms with Crippen LogP contribution in [0.3, 0.4) is 0 Å². The smallest absolute Gasteiger partial charge is 0.0548 e. The maximum Gasteiger partial charge on any atom is 0.0548 e. The zero-order valence-corrected chi connectivity index (χ0v) is 5.22. The van der Waals surface area contributed by atoms with Gasteiger partial charge in [0.1, 0.15) is 0 Å². The van der Waals surface area contributed by atoms with Crippen LogP contribution in [0, 0.1) is 0 Å². The van der Waals surface area contributed by atoms with Crippen molar-refractivity contribution >= 4 is 6.21 Å². The first-order valence-corrected chi connectivity index (χ1v) is 2.65. The van der Waals surface area contributed by atoms with E-state index in [9.17, 15) is 0 Å². The molecule has 0 N–H and O–H groups in total. The molecule has 0 unspecified atom stereocenters. The molecule has 0 aliphatic carbocycles. The highest BCUT2D eigenvalue weighted by Gasteiger charge is 1.72. The third kappa shape index (κ3) is 3.34. The van der Waals surface area contributed by atoms with Gasteiger partial charge < -0.3 is 0 Å². The first-order chi connectivity index (χ1) is 3.81. The Labute approximate surface area is 50.4 Å². The molecule has 44 valence electrons. The van der Waals surface area contributed by atoms with Gasteiger partial charge in [0.15, 0.2) is 0 Å². The molecule has 0 aromatic heterocycles. The second-order valence-corrected chi connectivity index (χ2v) is 1.42. The predicted molar refractivity (Wildman–Crippen MR) is 38.1 cm³/mol. The number of hydrogen-bond acceptors (Lipinski definition) is 1. The van der Waals surface area contributed by atoms with E-state index in [0.29, 0.717) is 0 Å². The summed E-state index contributed by atoms with van der Waals surface area (Å²) in [4.78, 5) is 3.92. The van der Waals surface area contributed by atoms with Gasteiger partial charge in [0.25, 0.3) is 0 Å². The zero-order chi connectivity index (χ0) is 6.41. The number of rotatable bonds is 3. The highest BCUT2D eigenvalue weighted by Crippen LogP contribution is 1.89. The maximum absolute atomic E-state index is 3.92. The normalized spacial score (nSPS) is 9.62. The van der Waals surface area contributed by atoms with Crippen LogP contribution < -0.4 is 0 Å². The van der Waals surface area contributed by atoms with Gasteiger partial charge in [-0.15, -0.1) is 0 Å². The van der Waals surface area contributed by atoms with Gasteiger partial charge in [-0.1, -0.05) is 20.1 Å². The molecule has 0 amide bonds. The Morgan fingerprint density at radius 3 is 2.75 bits per heavy atom. The van der Waals surface area contributed by atoms with Gasteiger partial charge in [0.2, 0.25) is 0 Å². The summed E-state index contributed by atoms with van der Waals surface area (Å²) in [6.07, 6.45) is 4.39. The molecule has 0 atom stereocenters. The van der Waals surface area contributed by atoms with Gasteiger partial charge in [-0.2, -0.15) is 0 Å². The molecular formula is C7H11N. The van der Waals surface area contributed by atoms with Gasteiger partial charge in [0, 0.05) is 6.21 Å². The van der Waals surface area contributed by atoms with Crippen LogP contribution in [0.4, 0.5) is 0 Å². The zero-order valence-electron chi connectivity index (χ0n) is 5.22. The van der Waals surface area contributed by atoms with Crippen molar-refractivity contribution in [1.82, 2.24) is 0 Å². The summed E-state index contributed by atoms with van der Waals surface area (Å²) < 4.78 is 0. The van der Waals surface area contributed by atoms with Crippen LogP contribution >= 0.6 is 0 Å². The van der Waals surface area contributed by atoms with E-state index in [-0.39, 0.29) is 0 Å². The Bertz CT molecular complexity index is 112. The monoisotopic (exact) mass is 109 g/mol. The second kappa shape index (κ2) is 4.31. The van der Waals surface area contributed by atoms with E-state index in [1.54, 1.807) is 6.08 Å². The van der Waals surface area contributed by atoms with Crippen LogP contribution in [-0.4, -0.2) is 6.21 Å². The maximum atomic E-state index is 3.92. The van der Waals surface area contributed by atoms with Crippen molar-refractivity contribution in [2.45, 2.75) is 13.3 Å². The molecular weight excluding hydrogens is 98.1 g/mol. The summed E-state index contributed by atoms with van der Waals surface area (Å²) in [5, 5.41) is 0. The minimum Gasteiger partial charge on any atom is -0.262 e. The minimum absolute atomic E-state index is 0.729. The highest BCUT2D eigenvalue weighted by molar-refractivity contribution is 5.58. The molecule has 0 aromatic carbocycles. The van der Waals surface area contributed by atoms with Crippen LogP contribution in [0.1, 0.15) is 13.3 Å². The molecule has 0 aliphatic rings. The number of hydrogen-bond donors (Lipinski definition) is 0. The molecule has 0 heterocycles. The Morgan fingerprint density at radius 2 is 2.38 bits per heavy atom. The third-order valence-electron chi connectivity index (χ3n) is 0.675. The summed E-state index contributed by atoms with van der Waals surface area (Å²) in [7, 11) is 0. The molecule has 0 saturated carbocycles. The summed E-state index contributed by atoms with van der Waals surface area (Å²) in [5.41, 5.74) is 0.729. The molecule has 0 radical (unpaired) electrons. The van der Waals surface area contributed by atoms with Crippen molar-refractivity contribution in [2.24, 2.45) is 4.99 Å². The van der Waals surface area contributed by atoms with E-state index in [4.69, 9.17) is 0 Å². The fraction of sp³-hybridized carbons (Fsp3) is 0.286. The topological polar surface area (TPSA) is 12.4 Å². The number of aliphatic imine (C=N–C) groups is 1. The van der Waals surface area contributed by atoms with Crippen molar-refractivity contribution in [3.63, 3.8) is 0 Å². The van der Waals surface area contributed by atoms with Crippen molar-refractivity contribution in [3.8, 4) is 0 Å². The fourth-order valence-corrected chi connectivity index (χ4v) is 0.261. The first-order valence-electron chi connectivity index (χ1n) is 2.65. The van der Waals surface area contributed by atoms with Crippen molar-refractivity contribution in [3.05, 3.63) is 24.9 Å². The lowest BCUT2D eigenvalue weighted by molar-refractivity contribution is 1.30. The van der Waals surface area contributed by atoms with Crippen LogP contribution in [-0.2, 0) is 0 Å². The molecule has 0 saturated heterocycles. The molecule has 0 spiro atoms. The van der Waals surface area contributed by atoms with E-state index < -0.39 is 0 Å². The van der Waals surface area contributed by atoms with Crippen LogP contribution in [0.15, 0.2) is 29.9 Å². The van der Waals surface area contributed by atoms with Gasteiger partial charge in [-0.25, -0.2) is 0 Å². The lowest BCUT2D eigenvalue weighted by atomic mass is 10.5. The number of nitrogens with zero attached hydrogens (tertiary/aromatic N) is 1. The summed E-state index contributed by atoms with van der Waals surface area (Å²) in [5.74, 6) is 0. The van der Waals surface area contributed by atoms with E-state index in [1.807, 2.05) is 13.1 Å². The Kier molecular flexibility index (Phi) is 3.85. The van der Waals surface area contributed by atoms with Crippen LogP contribution in [0.5, 0.6) is 0 Å². The molecule has 8 heavy (non-hydrogen) atoms. The molecule has 0 fully saturated rings. The Balaban J connectivity index is 3.52. The van der Waals surface area contributed by atoms with Gasteiger partial charge >= 0.3 is 0 Å². The summed E-state index contributed by atoms with van der Waals surface area (Å²) in [6.45, 7) is 9.12. The Morgan fingerprint density at radius 1 is 1.75 bits per heavy atom. The first kappa shape index (κ1) is 7.15. The molecule has 0 bridgehead atoms.